The predicted molar refractivity (Wildman–Crippen MR) is 64.0 cm³/mol. The average Bonchev–Trinajstić information content (AvgIpc) is 2.35. The van der Waals surface area contributed by atoms with Gasteiger partial charge in [0.15, 0.2) is 0 Å². The summed E-state index contributed by atoms with van der Waals surface area (Å²) in [5.41, 5.74) is 0.788. The lowest BCUT2D eigenvalue weighted by Crippen LogP contribution is -2.09. The van der Waals surface area contributed by atoms with E-state index < -0.39 is 6.10 Å². The largest absolute Gasteiger partial charge is 0.497 e. The Morgan fingerprint density at radius 3 is 2.44 bits per heavy atom. The van der Waals surface area contributed by atoms with Crippen LogP contribution in [0.3, 0.4) is 0 Å². The van der Waals surface area contributed by atoms with Gasteiger partial charge in [-0.25, -0.2) is 0 Å². The molecule has 0 saturated carbocycles. The van der Waals surface area contributed by atoms with E-state index in [-0.39, 0.29) is 5.92 Å². The molecule has 0 heterocycles. The molecule has 0 fully saturated rings. The van der Waals surface area contributed by atoms with Crippen molar-refractivity contribution >= 4 is 0 Å². The predicted octanol–water partition coefficient (Wildman–Crippen LogP) is 2.78. The molecule has 0 radical (unpaired) electrons. The molecule has 0 aliphatic heterocycles. The number of aliphatic hydroxyl groups is 1. The minimum atomic E-state index is -0.518. The lowest BCUT2D eigenvalue weighted by Gasteiger charge is -2.20. The first-order chi connectivity index (χ1) is 7.63. The zero-order valence-corrected chi connectivity index (χ0v) is 10.4. The zero-order chi connectivity index (χ0) is 12.1. The normalized spacial score (nSPS) is 14.3. The van der Waals surface area contributed by atoms with Gasteiger partial charge in [0.1, 0.15) is 11.5 Å². The Hall–Kier alpha value is -1.22. The third-order valence-corrected chi connectivity index (χ3v) is 2.94. The maximum Gasteiger partial charge on any atom is 0.124 e. The van der Waals surface area contributed by atoms with Crippen molar-refractivity contribution in [2.45, 2.75) is 26.4 Å². The van der Waals surface area contributed by atoms with Crippen LogP contribution in [0.25, 0.3) is 0 Å². The minimum Gasteiger partial charge on any atom is -0.497 e. The first-order valence-corrected chi connectivity index (χ1v) is 5.54. The van der Waals surface area contributed by atoms with Gasteiger partial charge < -0.3 is 14.6 Å². The Kier molecular flexibility index (Phi) is 4.62. The number of rotatable bonds is 5. The van der Waals surface area contributed by atoms with Crippen LogP contribution in [0.4, 0.5) is 0 Å². The Balaban J connectivity index is 3.07. The Labute approximate surface area is 97.0 Å². The highest BCUT2D eigenvalue weighted by Crippen LogP contribution is 2.33. The van der Waals surface area contributed by atoms with E-state index in [9.17, 15) is 5.11 Å². The Morgan fingerprint density at radius 2 is 1.94 bits per heavy atom. The van der Waals surface area contributed by atoms with Gasteiger partial charge in [-0.05, 0) is 24.1 Å². The molecule has 0 aliphatic rings. The molecule has 0 aliphatic carbocycles. The summed E-state index contributed by atoms with van der Waals surface area (Å²) in [5, 5.41) is 10.2. The molecule has 3 heteroatoms. The van der Waals surface area contributed by atoms with Crippen LogP contribution in [0.5, 0.6) is 11.5 Å². The van der Waals surface area contributed by atoms with Crippen LogP contribution in [0.1, 0.15) is 31.9 Å². The number of ether oxygens (including phenoxy) is 2. The second kappa shape index (κ2) is 5.75. The SMILES string of the molecule is CCC(C)C(O)c1cc(OC)ccc1OC. The highest BCUT2D eigenvalue weighted by Gasteiger charge is 2.19. The van der Waals surface area contributed by atoms with Crippen LogP contribution < -0.4 is 9.47 Å². The van der Waals surface area contributed by atoms with Gasteiger partial charge in [-0.15, -0.1) is 0 Å². The minimum absolute atomic E-state index is 0.195. The Bertz CT molecular complexity index is 336. The molecule has 2 unspecified atom stereocenters. The van der Waals surface area contributed by atoms with Crippen molar-refractivity contribution in [2.75, 3.05) is 14.2 Å². The fourth-order valence-electron chi connectivity index (χ4n) is 1.60. The number of aliphatic hydroxyl groups excluding tert-OH is 1. The van der Waals surface area contributed by atoms with Gasteiger partial charge in [-0.3, -0.25) is 0 Å². The first kappa shape index (κ1) is 12.8. The van der Waals surface area contributed by atoms with E-state index in [1.54, 1.807) is 14.2 Å². The van der Waals surface area contributed by atoms with Gasteiger partial charge in [0.25, 0.3) is 0 Å². The zero-order valence-electron chi connectivity index (χ0n) is 10.4. The van der Waals surface area contributed by atoms with Crippen LogP contribution in [-0.2, 0) is 0 Å². The molecule has 0 amide bonds. The van der Waals surface area contributed by atoms with Gasteiger partial charge in [0.2, 0.25) is 0 Å². The van der Waals surface area contributed by atoms with Gasteiger partial charge in [-0.1, -0.05) is 20.3 Å². The molecular weight excluding hydrogens is 204 g/mol. The van der Waals surface area contributed by atoms with Crippen molar-refractivity contribution in [1.29, 1.82) is 0 Å². The molecule has 1 aromatic carbocycles. The molecule has 16 heavy (non-hydrogen) atoms. The van der Waals surface area contributed by atoms with Crippen molar-refractivity contribution in [3.05, 3.63) is 23.8 Å². The maximum atomic E-state index is 10.2. The second-order valence-electron chi connectivity index (χ2n) is 3.94. The Morgan fingerprint density at radius 1 is 1.25 bits per heavy atom. The molecule has 1 aromatic rings. The van der Waals surface area contributed by atoms with Crippen LogP contribution in [0, 0.1) is 5.92 Å². The van der Waals surface area contributed by atoms with Gasteiger partial charge in [0, 0.05) is 5.56 Å². The van der Waals surface area contributed by atoms with Crippen LogP contribution >= 0.6 is 0 Å². The topological polar surface area (TPSA) is 38.7 Å². The average molecular weight is 224 g/mol. The molecule has 0 saturated heterocycles. The third kappa shape index (κ3) is 2.67. The van der Waals surface area contributed by atoms with E-state index >= 15 is 0 Å². The maximum absolute atomic E-state index is 10.2. The molecule has 1 rings (SSSR count). The summed E-state index contributed by atoms with van der Waals surface area (Å²) < 4.78 is 10.4. The summed E-state index contributed by atoms with van der Waals surface area (Å²) in [5.74, 6) is 1.63. The molecule has 0 spiro atoms. The number of methoxy groups -OCH3 is 2. The number of hydrogen-bond acceptors (Lipinski definition) is 3. The van der Waals surface area contributed by atoms with Crippen molar-refractivity contribution in [2.24, 2.45) is 5.92 Å². The summed E-state index contributed by atoms with van der Waals surface area (Å²) in [4.78, 5) is 0. The summed E-state index contributed by atoms with van der Waals surface area (Å²) in [6.07, 6.45) is 0.400. The molecule has 1 N–H and O–H groups in total. The van der Waals surface area contributed by atoms with E-state index in [1.165, 1.54) is 0 Å². The number of hydrogen-bond donors (Lipinski definition) is 1. The quantitative estimate of drug-likeness (QED) is 0.835. The molecule has 2 atom stereocenters. The van der Waals surface area contributed by atoms with E-state index in [4.69, 9.17) is 9.47 Å². The molecule has 3 nitrogen and oxygen atoms in total. The van der Waals surface area contributed by atoms with Gasteiger partial charge in [0.05, 0.1) is 20.3 Å². The monoisotopic (exact) mass is 224 g/mol. The fourth-order valence-corrected chi connectivity index (χ4v) is 1.60. The van der Waals surface area contributed by atoms with Crippen LogP contribution in [0.15, 0.2) is 18.2 Å². The highest BCUT2D eigenvalue weighted by molar-refractivity contribution is 5.41. The van der Waals surface area contributed by atoms with Crippen molar-refractivity contribution in [1.82, 2.24) is 0 Å². The summed E-state index contributed by atoms with van der Waals surface area (Å²) in [7, 11) is 3.22. The molecule has 90 valence electrons. The van der Waals surface area contributed by atoms with E-state index in [0.29, 0.717) is 5.75 Å². The lowest BCUT2D eigenvalue weighted by molar-refractivity contribution is 0.112. The van der Waals surface area contributed by atoms with E-state index in [2.05, 4.69) is 6.92 Å². The third-order valence-electron chi connectivity index (χ3n) is 2.94. The van der Waals surface area contributed by atoms with Gasteiger partial charge >= 0.3 is 0 Å². The highest BCUT2D eigenvalue weighted by atomic mass is 16.5. The van der Waals surface area contributed by atoms with Crippen LogP contribution in [0.2, 0.25) is 0 Å². The van der Waals surface area contributed by atoms with Crippen molar-refractivity contribution in [3.63, 3.8) is 0 Å². The standard InChI is InChI=1S/C13H20O3/c1-5-9(2)13(14)11-8-10(15-3)6-7-12(11)16-4/h6-9,13-14H,5H2,1-4H3. The smallest absolute Gasteiger partial charge is 0.124 e. The summed E-state index contributed by atoms with van der Waals surface area (Å²) in [6.45, 7) is 4.07. The molecule has 0 aromatic heterocycles. The molecular formula is C13H20O3. The summed E-state index contributed by atoms with van der Waals surface area (Å²) in [6, 6.07) is 5.47. The second-order valence-corrected chi connectivity index (χ2v) is 3.94. The van der Waals surface area contributed by atoms with Crippen molar-refractivity contribution < 1.29 is 14.6 Å². The fraction of sp³-hybridized carbons (Fsp3) is 0.538. The number of benzene rings is 1. The van der Waals surface area contributed by atoms with Crippen molar-refractivity contribution in [3.8, 4) is 11.5 Å². The van der Waals surface area contributed by atoms with Gasteiger partial charge in [-0.2, -0.15) is 0 Å². The van der Waals surface area contributed by atoms with E-state index in [0.717, 1.165) is 17.7 Å². The van der Waals surface area contributed by atoms with Crippen LogP contribution in [-0.4, -0.2) is 19.3 Å². The molecule has 0 bridgehead atoms. The lowest BCUT2D eigenvalue weighted by atomic mass is 9.94. The first-order valence-electron chi connectivity index (χ1n) is 5.54. The van der Waals surface area contributed by atoms with E-state index in [1.807, 2.05) is 25.1 Å². The summed E-state index contributed by atoms with van der Waals surface area (Å²) >= 11 is 0.